The molecule has 1 saturated heterocycles. The van der Waals surface area contributed by atoms with Crippen molar-refractivity contribution in [2.24, 2.45) is 11.8 Å². The largest absolute Gasteiger partial charge is 0.494 e. The molecule has 1 fully saturated rings. The summed E-state index contributed by atoms with van der Waals surface area (Å²) >= 11 is 0. The second kappa shape index (κ2) is 6.75. The van der Waals surface area contributed by atoms with Crippen LogP contribution in [0.2, 0.25) is 0 Å². The van der Waals surface area contributed by atoms with Crippen LogP contribution in [0.5, 0.6) is 5.75 Å². The van der Waals surface area contributed by atoms with Crippen LogP contribution in [-0.4, -0.2) is 25.6 Å². The smallest absolute Gasteiger partial charge is 0.225 e. The Morgan fingerprint density at radius 3 is 2.65 bits per heavy atom. The van der Waals surface area contributed by atoms with Crippen LogP contribution in [0.3, 0.4) is 0 Å². The Kier molecular flexibility index (Phi) is 5.01. The molecule has 0 bridgehead atoms. The van der Waals surface area contributed by atoms with E-state index in [-0.39, 0.29) is 17.9 Å². The summed E-state index contributed by atoms with van der Waals surface area (Å²) in [5.41, 5.74) is 1.10. The molecular formula is C16H24N2O2. The predicted octanol–water partition coefficient (Wildman–Crippen LogP) is 2.12. The van der Waals surface area contributed by atoms with Crippen LogP contribution in [-0.2, 0) is 4.79 Å². The lowest BCUT2D eigenvalue weighted by Gasteiger charge is -2.19. The number of carbonyl (C=O) groups excluding carboxylic acids is 1. The molecule has 20 heavy (non-hydrogen) atoms. The maximum Gasteiger partial charge on any atom is 0.225 e. The molecule has 1 aromatic carbocycles. The van der Waals surface area contributed by atoms with Crippen LogP contribution in [0.1, 0.15) is 32.4 Å². The highest BCUT2D eigenvalue weighted by Gasteiger charge is 2.30. The predicted molar refractivity (Wildman–Crippen MR) is 79.7 cm³/mol. The Hall–Kier alpha value is -1.55. The standard InChI is InChI=1S/C16H24N2O2/c1-4-20-14-7-5-13(6-8-14)12(3)18-16(19)15-10-17-9-11(15)2/h5-8,11-12,15,17H,4,9-10H2,1-3H3,(H,18,19)/t11-,12?,15-/m1/s1. The van der Waals surface area contributed by atoms with E-state index < -0.39 is 0 Å². The zero-order valence-corrected chi connectivity index (χ0v) is 12.5. The second-order valence-electron chi connectivity index (χ2n) is 5.47. The summed E-state index contributed by atoms with van der Waals surface area (Å²) in [5.74, 6) is 1.50. The summed E-state index contributed by atoms with van der Waals surface area (Å²) in [7, 11) is 0. The lowest BCUT2D eigenvalue weighted by atomic mass is 9.96. The van der Waals surface area contributed by atoms with Gasteiger partial charge in [0.15, 0.2) is 0 Å². The van der Waals surface area contributed by atoms with Crippen molar-refractivity contribution in [3.63, 3.8) is 0 Å². The first-order valence-corrected chi connectivity index (χ1v) is 7.35. The van der Waals surface area contributed by atoms with Gasteiger partial charge in [0.2, 0.25) is 5.91 Å². The Balaban J connectivity index is 1.93. The van der Waals surface area contributed by atoms with Gasteiger partial charge in [0.25, 0.3) is 0 Å². The molecule has 1 unspecified atom stereocenters. The Morgan fingerprint density at radius 1 is 1.40 bits per heavy atom. The van der Waals surface area contributed by atoms with Crippen molar-refractivity contribution in [1.82, 2.24) is 10.6 Å². The van der Waals surface area contributed by atoms with Crippen molar-refractivity contribution in [1.29, 1.82) is 0 Å². The third-order valence-corrected chi connectivity index (χ3v) is 3.90. The van der Waals surface area contributed by atoms with Gasteiger partial charge in [-0.25, -0.2) is 0 Å². The van der Waals surface area contributed by atoms with Gasteiger partial charge in [-0.3, -0.25) is 4.79 Å². The summed E-state index contributed by atoms with van der Waals surface area (Å²) in [6.07, 6.45) is 0. The van der Waals surface area contributed by atoms with Gasteiger partial charge in [-0.15, -0.1) is 0 Å². The number of hydrogen-bond acceptors (Lipinski definition) is 3. The normalized spacial score (nSPS) is 23.4. The molecule has 0 saturated carbocycles. The minimum absolute atomic E-state index is 0.0194. The molecule has 1 aromatic rings. The fraction of sp³-hybridized carbons (Fsp3) is 0.562. The molecule has 1 aliphatic heterocycles. The van der Waals surface area contributed by atoms with Crippen molar-refractivity contribution < 1.29 is 9.53 Å². The number of nitrogens with one attached hydrogen (secondary N) is 2. The van der Waals surface area contributed by atoms with Crippen molar-refractivity contribution in [3.05, 3.63) is 29.8 Å². The highest BCUT2D eigenvalue weighted by molar-refractivity contribution is 5.80. The van der Waals surface area contributed by atoms with E-state index >= 15 is 0 Å². The SMILES string of the molecule is CCOc1ccc(C(C)NC(=O)[C@@H]2CNC[C@H]2C)cc1. The molecule has 2 N–H and O–H groups in total. The Labute approximate surface area is 120 Å². The molecule has 1 amide bonds. The number of ether oxygens (including phenoxy) is 1. The topological polar surface area (TPSA) is 50.4 Å². The second-order valence-corrected chi connectivity index (χ2v) is 5.47. The molecule has 1 aliphatic rings. The van der Waals surface area contributed by atoms with Crippen LogP contribution in [0.15, 0.2) is 24.3 Å². The molecule has 4 heteroatoms. The number of carbonyl (C=O) groups is 1. The first kappa shape index (κ1) is 14.9. The first-order valence-electron chi connectivity index (χ1n) is 7.35. The van der Waals surface area contributed by atoms with Gasteiger partial charge in [-0.05, 0) is 44.0 Å². The summed E-state index contributed by atoms with van der Waals surface area (Å²) in [6, 6.07) is 7.92. The van der Waals surface area contributed by atoms with Gasteiger partial charge in [0, 0.05) is 6.54 Å². The number of amides is 1. The quantitative estimate of drug-likeness (QED) is 0.866. The van der Waals surface area contributed by atoms with E-state index in [2.05, 4.69) is 17.6 Å². The minimum atomic E-state index is 0.0194. The van der Waals surface area contributed by atoms with Gasteiger partial charge < -0.3 is 15.4 Å². The van der Waals surface area contributed by atoms with Gasteiger partial charge >= 0.3 is 0 Å². The Bertz CT molecular complexity index is 444. The maximum absolute atomic E-state index is 12.2. The average Bonchev–Trinajstić information content (AvgIpc) is 2.86. The number of rotatable bonds is 5. The average molecular weight is 276 g/mol. The summed E-state index contributed by atoms with van der Waals surface area (Å²) < 4.78 is 5.42. The van der Waals surface area contributed by atoms with E-state index in [9.17, 15) is 4.79 Å². The first-order chi connectivity index (χ1) is 9.61. The minimum Gasteiger partial charge on any atom is -0.494 e. The zero-order valence-electron chi connectivity index (χ0n) is 12.5. The lowest BCUT2D eigenvalue weighted by Crippen LogP contribution is -2.35. The van der Waals surface area contributed by atoms with Gasteiger partial charge in [0.05, 0.1) is 18.6 Å². The highest BCUT2D eigenvalue weighted by atomic mass is 16.5. The molecule has 2 rings (SSSR count). The molecule has 0 aromatic heterocycles. The maximum atomic E-state index is 12.2. The summed E-state index contributed by atoms with van der Waals surface area (Å²) in [4.78, 5) is 12.2. The zero-order chi connectivity index (χ0) is 14.5. The number of hydrogen-bond donors (Lipinski definition) is 2. The van der Waals surface area contributed by atoms with Gasteiger partial charge in [-0.1, -0.05) is 19.1 Å². The number of benzene rings is 1. The van der Waals surface area contributed by atoms with E-state index in [1.165, 1.54) is 0 Å². The van der Waals surface area contributed by atoms with Crippen molar-refractivity contribution in [2.75, 3.05) is 19.7 Å². The molecule has 0 radical (unpaired) electrons. The lowest BCUT2D eigenvalue weighted by molar-refractivity contribution is -0.126. The highest BCUT2D eigenvalue weighted by Crippen LogP contribution is 2.20. The molecule has 0 aliphatic carbocycles. The summed E-state index contributed by atoms with van der Waals surface area (Å²) in [6.45, 7) is 8.47. The van der Waals surface area contributed by atoms with E-state index in [0.29, 0.717) is 12.5 Å². The monoisotopic (exact) mass is 276 g/mol. The van der Waals surface area contributed by atoms with Crippen molar-refractivity contribution >= 4 is 5.91 Å². The van der Waals surface area contributed by atoms with E-state index in [1.54, 1.807) is 0 Å². The van der Waals surface area contributed by atoms with Gasteiger partial charge in [0.1, 0.15) is 5.75 Å². The van der Waals surface area contributed by atoms with Crippen molar-refractivity contribution in [2.45, 2.75) is 26.8 Å². The van der Waals surface area contributed by atoms with Crippen LogP contribution in [0.25, 0.3) is 0 Å². The Morgan fingerprint density at radius 2 is 2.10 bits per heavy atom. The van der Waals surface area contributed by atoms with Crippen LogP contribution < -0.4 is 15.4 Å². The van der Waals surface area contributed by atoms with E-state index in [0.717, 1.165) is 24.4 Å². The third-order valence-electron chi connectivity index (χ3n) is 3.90. The van der Waals surface area contributed by atoms with Crippen LogP contribution in [0, 0.1) is 11.8 Å². The fourth-order valence-corrected chi connectivity index (χ4v) is 2.58. The molecule has 4 nitrogen and oxygen atoms in total. The molecule has 0 spiro atoms. The molecule has 110 valence electrons. The van der Waals surface area contributed by atoms with Crippen LogP contribution in [0.4, 0.5) is 0 Å². The van der Waals surface area contributed by atoms with Gasteiger partial charge in [-0.2, -0.15) is 0 Å². The molecular weight excluding hydrogens is 252 g/mol. The fourth-order valence-electron chi connectivity index (χ4n) is 2.58. The van der Waals surface area contributed by atoms with Crippen LogP contribution >= 0.6 is 0 Å². The molecule has 1 heterocycles. The van der Waals surface area contributed by atoms with E-state index in [4.69, 9.17) is 4.74 Å². The summed E-state index contributed by atoms with van der Waals surface area (Å²) in [5, 5.41) is 6.36. The third kappa shape index (κ3) is 3.51. The van der Waals surface area contributed by atoms with Crippen molar-refractivity contribution in [3.8, 4) is 5.75 Å². The molecule has 3 atom stereocenters. The van der Waals surface area contributed by atoms with E-state index in [1.807, 2.05) is 38.1 Å².